The van der Waals surface area contributed by atoms with Gasteiger partial charge in [0.1, 0.15) is 0 Å². The van der Waals surface area contributed by atoms with Crippen LogP contribution in [0.2, 0.25) is 0 Å². The lowest BCUT2D eigenvalue weighted by Crippen LogP contribution is -2.51. The second-order valence-corrected chi connectivity index (χ2v) is 8.37. The van der Waals surface area contributed by atoms with Gasteiger partial charge in [-0.05, 0) is 37.0 Å². The van der Waals surface area contributed by atoms with Gasteiger partial charge in [-0.15, -0.1) is 0 Å². The average molecular weight is 432 g/mol. The van der Waals surface area contributed by atoms with Crippen LogP contribution < -0.4 is 11.1 Å². The molecule has 0 aliphatic carbocycles. The van der Waals surface area contributed by atoms with Crippen LogP contribution in [0.5, 0.6) is 0 Å². The van der Waals surface area contributed by atoms with E-state index in [0.717, 1.165) is 28.1 Å². The number of nitrogens with one attached hydrogen (secondary N) is 1. The van der Waals surface area contributed by atoms with Crippen LogP contribution in [0.3, 0.4) is 0 Å². The smallest absolute Gasteiger partial charge is 0.235 e. The number of fused-ring (bicyclic) bond motifs is 1. The molecule has 2 aromatic carbocycles. The van der Waals surface area contributed by atoms with Gasteiger partial charge in [0.25, 0.3) is 0 Å². The first-order valence-electron chi connectivity index (χ1n) is 10.9. The number of carbonyl (C=O) groups excluding carboxylic acids is 2. The number of primary amides is 1. The van der Waals surface area contributed by atoms with E-state index in [1.54, 1.807) is 0 Å². The molecule has 7 heteroatoms. The Bertz CT molecular complexity index is 1120. The van der Waals surface area contributed by atoms with E-state index in [4.69, 9.17) is 5.73 Å². The van der Waals surface area contributed by atoms with Gasteiger partial charge >= 0.3 is 0 Å². The van der Waals surface area contributed by atoms with Crippen molar-refractivity contribution in [2.45, 2.75) is 45.9 Å². The van der Waals surface area contributed by atoms with E-state index in [2.05, 4.69) is 22.5 Å². The molecule has 2 heterocycles. The van der Waals surface area contributed by atoms with E-state index < -0.39 is 11.9 Å². The normalized spacial score (nSPS) is 15.9. The van der Waals surface area contributed by atoms with Crippen LogP contribution in [-0.2, 0) is 35.6 Å². The minimum Gasteiger partial charge on any atom is -0.368 e. The van der Waals surface area contributed by atoms with Crippen molar-refractivity contribution in [3.63, 3.8) is 0 Å². The first-order chi connectivity index (χ1) is 15.4. The highest BCUT2D eigenvalue weighted by Gasteiger charge is 2.31. The Morgan fingerprint density at radius 2 is 1.75 bits per heavy atom. The van der Waals surface area contributed by atoms with E-state index in [9.17, 15) is 9.59 Å². The van der Waals surface area contributed by atoms with E-state index in [1.165, 1.54) is 5.56 Å². The average Bonchev–Trinajstić information content (AvgIpc) is 3.04. The largest absolute Gasteiger partial charge is 0.368 e. The van der Waals surface area contributed by atoms with Crippen molar-refractivity contribution in [3.05, 3.63) is 88.2 Å². The maximum atomic E-state index is 12.8. The molecule has 1 aromatic heterocycles. The summed E-state index contributed by atoms with van der Waals surface area (Å²) < 4.78 is 1.97. The maximum Gasteiger partial charge on any atom is 0.235 e. The van der Waals surface area contributed by atoms with Crippen LogP contribution in [0.15, 0.2) is 54.6 Å². The maximum absolute atomic E-state index is 12.8. The fraction of sp³-hybridized carbons (Fsp3) is 0.320. The van der Waals surface area contributed by atoms with Crippen molar-refractivity contribution in [3.8, 4) is 0 Å². The molecule has 32 heavy (non-hydrogen) atoms. The van der Waals surface area contributed by atoms with E-state index in [-0.39, 0.29) is 12.5 Å². The molecule has 3 aromatic rings. The summed E-state index contributed by atoms with van der Waals surface area (Å²) in [6, 6.07) is 17.7. The van der Waals surface area contributed by atoms with Crippen LogP contribution >= 0.6 is 0 Å². The molecule has 0 bridgehead atoms. The van der Waals surface area contributed by atoms with Gasteiger partial charge < -0.3 is 11.1 Å². The zero-order valence-corrected chi connectivity index (χ0v) is 18.5. The topological polar surface area (TPSA) is 93.2 Å². The van der Waals surface area contributed by atoms with Gasteiger partial charge in [-0.3, -0.25) is 19.2 Å². The number of amides is 2. The fourth-order valence-electron chi connectivity index (χ4n) is 4.35. The van der Waals surface area contributed by atoms with Gasteiger partial charge in [-0.25, -0.2) is 0 Å². The van der Waals surface area contributed by atoms with Gasteiger partial charge in [0, 0.05) is 24.3 Å². The molecular weight excluding hydrogens is 402 g/mol. The molecule has 1 aliphatic rings. The van der Waals surface area contributed by atoms with E-state index >= 15 is 0 Å². The lowest BCUT2D eigenvalue weighted by Gasteiger charge is -2.34. The number of nitrogens with zero attached hydrogens (tertiary/aromatic N) is 3. The number of aryl methyl sites for hydroxylation is 1. The molecular formula is C25H29N5O2. The van der Waals surface area contributed by atoms with Crippen LogP contribution in [0.4, 0.5) is 0 Å². The molecule has 4 rings (SSSR count). The number of hydrogen-bond acceptors (Lipinski definition) is 4. The standard InChI is InChI=1S/C25H29N5O2/c1-17-22(18(2)30(28-17)14-19-8-4-3-5-9-19)13-27-24(31)16-29-15-21-11-7-6-10-20(21)12-23(29)25(26)32/h3-11,23H,12-16H2,1-2H3,(H2,26,32)(H,27,31)/t23-/m0/s1. The summed E-state index contributed by atoms with van der Waals surface area (Å²) in [6.45, 7) is 5.73. The summed E-state index contributed by atoms with van der Waals surface area (Å²) in [7, 11) is 0. The summed E-state index contributed by atoms with van der Waals surface area (Å²) in [6.07, 6.45) is 0.531. The molecule has 0 spiro atoms. The highest BCUT2D eigenvalue weighted by molar-refractivity contribution is 5.83. The zero-order chi connectivity index (χ0) is 22.7. The molecule has 3 N–H and O–H groups in total. The minimum absolute atomic E-state index is 0.123. The number of rotatable bonds is 7. The van der Waals surface area contributed by atoms with Gasteiger partial charge in [0.2, 0.25) is 11.8 Å². The predicted molar refractivity (Wildman–Crippen MR) is 123 cm³/mol. The van der Waals surface area contributed by atoms with Crippen LogP contribution in [0.25, 0.3) is 0 Å². The SMILES string of the molecule is Cc1nn(Cc2ccccc2)c(C)c1CNC(=O)CN1Cc2ccccc2C[C@H]1C(N)=O. The third kappa shape index (κ3) is 4.73. The van der Waals surface area contributed by atoms with Gasteiger partial charge in [-0.2, -0.15) is 5.10 Å². The van der Waals surface area contributed by atoms with Crippen molar-refractivity contribution >= 4 is 11.8 Å². The molecule has 0 saturated heterocycles. The molecule has 166 valence electrons. The Labute approximate surface area is 188 Å². The van der Waals surface area contributed by atoms with Gasteiger partial charge in [-0.1, -0.05) is 54.6 Å². The number of nitrogens with two attached hydrogens (primary N) is 1. The molecule has 0 fully saturated rings. The third-order valence-electron chi connectivity index (χ3n) is 6.19. The molecule has 1 atom stereocenters. The number of hydrogen-bond donors (Lipinski definition) is 2. The second kappa shape index (κ2) is 9.36. The Kier molecular flexibility index (Phi) is 6.37. The first-order valence-corrected chi connectivity index (χ1v) is 10.9. The molecule has 0 radical (unpaired) electrons. The van der Waals surface area contributed by atoms with E-state index in [0.29, 0.717) is 26.1 Å². The van der Waals surface area contributed by atoms with Crippen LogP contribution in [0, 0.1) is 13.8 Å². The number of carbonyl (C=O) groups is 2. The second-order valence-electron chi connectivity index (χ2n) is 8.37. The number of benzene rings is 2. The summed E-state index contributed by atoms with van der Waals surface area (Å²) in [4.78, 5) is 26.6. The minimum atomic E-state index is -0.479. The lowest BCUT2D eigenvalue weighted by molar-refractivity contribution is -0.127. The van der Waals surface area contributed by atoms with Crippen molar-refractivity contribution in [1.82, 2.24) is 20.0 Å². The zero-order valence-electron chi connectivity index (χ0n) is 18.5. The molecule has 2 amide bonds. The third-order valence-corrected chi connectivity index (χ3v) is 6.19. The van der Waals surface area contributed by atoms with Crippen molar-refractivity contribution < 1.29 is 9.59 Å². The van der Waals surface area contributed by atoms with Crippen LogP contribution in [0.1, 0.15) is 33.6 Å². The van der Waals surface area contributed by atoms with Crippen molar-refractivity contribution in [2.24, 2.45) is 5.73 Å². The summed E-state index contributed by atoms with van der Waals surface area (Å²) >= 11 is 0. The van der Waals surface area contributed by atoms with Gasteiger partial charge in [0.05, 0.1) is 24.8 Å². The molecule has 7 nitrogen and oxygen atoms in total. The highest BCUT2D eigenvalue weighted by Crippen LogP contribution is 2.23. The number of aromatic nitrogens is 2. The van der Waals surface area contributed by atoms with Gasteiger partial charge in [0.15, 0.2) is 0 Å². The lowest BCUT2D eigenvalue weighted by atomic mass is 9.93. The Morgan fingerprint density at radius 1 is 1.06 bits per heavy atom. The highest BCUT2D eigenvalue weighted by atomic mass is 16.2. The Balaban J connectivity index is 1.40. The van der Waals surface area contributed by atoms with Crippen molar-refractivity contribution in [1.29, 1.82) is 0 Å². The Morgan fingerprint density at radius 3 is 2.47 bits per heavy atom. The first kappa shape index (κ1) is 21.8. The monoisotopic (exact) mass is 431 g/mol. The summed E-state index contributed by atoms with van der Waals surface area (Å²) in [5, 5.41) is 7.66. The van der Waals surface area contributed by atoms with E-state index in [1.807, 2.05) is 65.9 Å². The van der Waals surface area contributed by atoms with Crippen molar-refractivity contribution in [2.75, 3.05) is 6.54 Å². The fourth-order valence-corrected chi connectivity index (χ4v) is 4.35. The predicted octanol–water partition coefficient (Wildman–Crippen LogP) is 2.08. The van der Waals surface area contributed by atoms with Crippen LogP contribution in [-0.4, -0.2) is 39.1 Å². The summed E-state index contributed by atoms with van der Waals surface area (Å²) in [5.74, 6) is -0.536. The molecule has 0 unspecified atom stereocenters. The summed E-state index contributed by atoms with van der Waals surface area (Å²) in [5.41, 5.74) is 12.0. The Hall–Kier alpha value is -3.45. The quantitative estimate of drug-likeness (QED) is 0.599. The molecule has 1 aliphatic heterocycles. The molecule has 0 saturated carbocycles.